The number of benzene rings is 2. The lowest BCUT2D eigenvalue weighted by Gasteiger charge is -2.01. The van der Waals surface area contributed by atoms with Gasteiger partial charge in [0.1, 0.15) is 6.61 Å². The highest BCUT2D eigenvalue weighted by molar-refractivity contribution is 9.10. The van der Waals surface area contributed by atoms with E-state index in [0.29, 0.717) is 16.7 Å². The molecule has 0 N–H and O–H groups in total. The molecule has 0 heterocycles. The zero-order chi connectivity index (χ0) is 13.7. The minimum absolute atomic E-state index is 0.404. The Hall–Kier alpha value is -1.03. The average molecular weight is 359 g/mol. The molecular formula is C14H10BrCl2NO. The van der Waals surface area contributed by atoms with E-state index in [0.717, 1.165) is 15.6 Å². The van der Waals surface area contributed by atoms with Gasteiger partial charge >= 0.3 is 0 Å². The summed E-state index contributed by atoms with van der Waals surface area (Å²) in [6.45, 7) is 0.404. The van der Waals surface area contributed by atoms with Crippen molar-refractivity contribution in [2.45, 2.75) is 6.61 Å². The van der Waals surface area contributed by atoms with Crippen molar-refractivity contribution in [3.63, 3.8) is 0 Å². The van der Waals surface area contributed by atoms with Crippen LogP contribution in [0.2, 0.25) is 10.0 Å². The smallest absolute Gasteiger partial charge is 0.142 e. The highest BCUT2D eigenvalue weighted by atomic mass is 79.9. The third kappa shape index (κ3) is 4.53. The normalized spacial score (nSPS) is 10.9. The van der Waals surface area contributed by atoms with Gasteiger partial charge in [0.05, 0.1) is 11.2 Å². The molecule has 5 heteroatoms. The average Bonchev–Trinajstić information content (AvgIpc) is 2.37. The molecule has 0 saturated carbocycles. The van der Waals surface area contributed by atoms with Crippen molar-refractivity contribution in [2.24, 2.45) is 5.16 Å². The highest BCUT2D eigenvalue weighted by Gasteiger charge is 1.98. The molecule has 0 unspecified atom stereocenters. The van der Waals surface area contributed by atoms with Crippen LogP contribution in [0.1, 0.15) is 11.1 Å². The van der Waals surface area contributed by atoms with Gasteiger partial charge in [-0.05, 0) is 29.8 Å². The second-order valence-corrected chi connectivity index (χ2v) is 5.56. The molecule has 0 fully saturated rings. The number of oxime groups is 1. The first-order chi connectivity index (χ1) is 9.15. The van der Waals surface area contributed by atoms with Crippen LogP contribution in [0.5, 0.6) is 0 Å². The largest absolute Gasteiger partial charge is 0.391 e. The van der Waals surface area contributed by atoms with Crippen molar-refractivity contribution in [1.29, 1.82) is 0 Å². The van der Waals surface area contributed by atoms with Crippen LogP contribution in [0.4, 0.5) is 0 Å². The van der Waals surface area contributed by atoms with Gasteiger partial charge < -0.3 is 4.84 Å². The molecule has 19 heavy (non-hydrogen) atoms. The van der Waals surface area contributed by atoms with Crippen LogP contribution < -0.4 is 0 Å². The van der Waals surface area contributed by atoms with Crippen molar-refractivity contribution in [2.75, 3.05) is 0 Å². The Bertz CT molecular complexity index is 602. The monoisotopic (exact) mass is 357 g/mol. The fourth-order valence-corrected chi connectivity index (χ4v) is 2.34. The molecule has 98 valence electrons. The summed E-state index contributed by atoms with van der Waals surface area (Å²) in [5.41, 5.74) is 1.80. The van der Waals surface area contributed by atoms with E-state index >= 15 is 0 Å². The van der Waals surface area contributed by atoms with Gasteiger partial charge in [-0.3, -0.25) is 0 Å². The Morgan fingerprint density at radius 3 is 2.74 bits per heavy atom. The Kier molecular flexibility index (Phi) is 5.25. The van der Waals surface area contributed by atoms with E-state index in [1.807, 2.05) is 24.3 Å². The summed E-state index contributed by atoms with van der Waals surface area (Å²) in [4.78, 5) is 5.22. The molecule has 0 spiro atoms. The predicted octanol–water partition coefficient (Wildman–Crippen LogP) is 5.31. The lowest BCUT2D eigenvalue weighted by Crippen LogP contribution is -1.89. The fraction of sp³-hybridized carbons (Fsp3) is 0.0714. The number of hydrogen-bond donors (Lipinski definition) is 0. The second kappa shape index (κ2) is 6.94. The molecule has 2 rings (SSSR count). The minimum Gasteiger partial charge on any atom is -0.391 e. The van der Waals surface area contributed by atoms with E-state index in [-0.39, 0.29) is 0 Å². The standard InChI is InChI=1S/C14H10BrCl2NO/c15-12-3-1-2-10(6-12)9-19-18-8-11-4-5-13(16)7-14(11)17/h1-8H,9H2/b18-8-. The van der Waals surface area contributed by atoms with Crippen LogP contribution in [0.15, 0.2) is 52.1 Å². The number of hydrogen-bond acceptors (Lipinski definition) is 2. The first kappa shape index (κ1) is 14.4. The summed E-state index contributed by atoms with van der Waals surface area (Å²) in [5.74, 6) is 0. The van der Waals surface area contributed by atoms with Crippen LogP contribution >= 0.6 is 39.1 Å². The number of halogens is 3. The Morgan fingerprint density at radius 1 is 1.16 bits per heavy atom. The summed E-state index contributed by atoms with van der Waals surface area (Å²) < 4.78 is 1.01. The number of rotatable bonds is 4. The van der Waals surface area contributed by atoms with Crippen molar-refractivity contribution in [3.05, 3.63) is 68.1 Å². The summed E-state index contributed by atoms with van der Waals surface area (Å²) >= 11 is 15.2. The van der Waals surface area contributed by atoms with Gasteiger partial charge in [-0.25, -0.2) is 0 Å². The second-order valence-electron chi connectivity index (χ2n) is 3.80. The summed E-state index contributed by atoms with van der Waals surface area (Å²) in [5, 5.41) is 5.03. The Morgan fingerprint density at radius 2 is 2.00 bits per heavy atom. The van der Waals surface area contributed by atoms with Crippen LogP contribution in [-0.4, -0.2) is 6.21 Å². The van der Waals surface area contributed by atoms with Gasteiger partial charge in [-0.2, -0.15) is 0 Å². The van der Waals surface area contributed by atoms with Crippen molar-refractivity contribution < 1.29 is 4.84 Å². The van der Waals surface area contributed by atoms with Crippen LogP contribution in [0.25, 0.3) is 0 Å². The summed E-state index contributed by atoms with van der Waals surface area (Å²) in [6, 6.07) is 13.1. The topological polar surface area (TPSA) is 21.6 Å². The van der Waals surface area contributed by atoms with Gasteiger partial charge in [0.15, 0.2) is 0 Å². The lowest BCUT2D eigenvalue weighted by atomic mass is 10.2. The fourth-order valence-electron chi connectivity index (χ4n) is 1.44. The Balaban J connectivity index is 1.93. The first-order valence-electron chi connectivity index (χ1n) is 5.50. The maximum atomic E-state index is 6.01. The molecule has 2 nitrogen and oxygen atoms in total. The highest BCUT2D eigenvalue weighted by Crippen LogP contribution is 2.19. The molecule has 2 aromatic carbocycles. The zero-order valence-corrected chi connectivity index (χ0v) is 12.9. The molecule has 0 aliphatic heterocycles. The van der Waals surface area contributed by atoms with E-state index in [4.69, 9.17) is 28.0 Å². The number of nitrogens with zero attached hydrogens (tertiary/aromatic N) is 1. The quantitative estimate of drug-likeness (QED) is 0.536. The van der Waals surface area contributed by atoms with Crippen LogP contribution in [-0.2, 0) is 11.4 Å². The summed E-state index contributed by atoms with van der Waals surface area (Å²) in [6.07, 6.45) is 1.57. The third-order valence-electron chi connectivity index (χ3n) is 2.35. The molecule has 2 aromatic rings. The molecule has 0 amide bonds. The van der Waals surface area contributed by atoms with Crippen molar-refractivity contribution in [3.8, 4) is 0 Å². The molecule has 0 aliphatic carbocycles. The third-order valence-corrected chi connectivity index (χ3v) is 3.40. The first-order valence-corrected chi connectivity index (χ1v) is 7.05. The van der Waals surface area contributed by atoms with Gasteiger partial charge in [0.2, 0.25) is 0 Å². The molecular weight excluding hydrogens is 349 g/mol. The van der Waals surface area contributed by atoms with Crippen molar-refractivity contribution >= 4 is 45.3 Å². The van der Waals surface area contributed by atoms with Gasteiger partial charge in [0, 0.05) is 15.1 Å². The van der Waals surface area contributed by atoms with Crippen molar-refractivity contribution in [1.82, 2.24) is 0 Å². The zero-order valence-electron chi connectivity index (χ0n) is 9.82. The van der Waals surface area contributed by atoms with Gasteiger partial charge in [-0.15, -0.1) is 0 Å². The molecule has 0 aliphatic rings. The maximum absolute atomic E-state index is 6.01. The van der Waals surface area contributed by atoms with E-state index < -0.39 is 0 Å². The SMILES string of the molecule is Clc1ccc(/C=N\OCc2cccc(Br)c2)c(Cl)c1. The van der Waals surface area contributed by atoms with E-state index in [9.17, 15) is 0 Å². The van der Waals surface area contributed by atoms with Crippen LogP contribution in [0.3, 0.4) is 0 Å². The lowest BCUT2D eigenvalue weighted by molar-refractivity contribution is 0.132. The predicted molar refractivity (Wildman–Crippen MR) is 83.0 cm³/mol. The van der Waals surface area contributed by atoms with Gasteiger partial charge in [0.25, 0.3) is 0 Å². The summed E-state index contributed by atoms with van der Waals surface area (Å²) in [7, 11) is 0. The minimum atomic E-state index is 0.404. The van der Waals surface area contributed by atoms with Gasteiger partial charge in [-0.1, -0.05) is 62.5 Å². The van der Waals surface area contributed by atoms with Crippen LogP contribution in [0, 0.1) is 0 Å². The molecule has 0 saturated heterocycles. The molecule has 0 bridgehead atoms. The Labute approximate surface area is 130 Å². The maximum Gasteiger partial charge on any atom is 0.142 e. The molecule has 0 radical (unpaired) electrons. The molecule has 0 atom stereocenters. The van der Waals surface area contributed by atoms with E-state index in [2.05, 4.69) is 21.1 Å². The van der Waals surface area contributed by atoms with E-state index in [1.54, 1.807) is 24.4 Å². The van der Waals surface area contributed by atoms with E-state index in [1.165, 1.54) is 0 Å². The molecule has 0 aromatic heterocycles.